The molecule has 1 aliphatic rings. The number of fused-ring (bicyclic) bond motifs is 3. The Balaban J connectivity index is 1.92. The summed E-state index contributed by atoms with van der Waals surface area (Å²) in [5.74, 6) is 0. The SMILES string of the molecule is CC1(C)c2ccccc2-c2ccc(-c3ccccc3B(O)O)cc21. The first-order valence-electron chi connectivity index (χ1n) is 8.20. The van der Waals surface area contributed by atoms with E-state index in [0.717, 1.165) is 11.1 Å². The third-order valence-corrected chi connectivity index (χ3v) is 5.13. The van der Waals surface area contributed by atoms with Crippen LogP contribution in [0.15, 0.2) is 66.7 Å². The first-order valence-corrected chi connectivity index (χ1v) is 8.20. The van der Waals surface area contributed by atoms with E-state index in [1.807, 2.05) is 18.2 Å². The predicted octanol–water partition coefficient (Wildman–Crippen LogP) is 3.34. The number of rotatable bonds is 2. The molecule has 24 heavy (non-hydrogen) atoms. The summed E-state index contributed by atoms with van der Waals surface area (Å²) < 4.78 is 0. The van der Waals surface area contributed by atoms with Crippen molar-refractivity contribution in [2.75, 3.05) is 0 Å². The quantitative estimate of drug-likeness (QED) is 0.712. The van der Waals surface area contributed by atoms with Crippen molar-refractivity contribution in [3.05, 3.63) is 77.9 Å². The van der Waals surface area contributed by atoms with Crippen LogP contribution < -0.4 is 5.46 Å². The molecule has 0 spiro atoms. The standard InChI is InChI=1S/C21H19BO2/c1-21(2)18-9-5-3-8-16(18)17-12-11-14(13-19(17)21)15-7-4-6-10-20(15)22(23)24/h3-13,23-24H,1-2H3. The van der Waals surface area contributed by atoms with E-state index in [-0.39, 0.29) is 5.41 Å². The molecule has 118 valence electrons. The molecular formula is C21H19BO2. The second-order valence-corrected chi connectivity index (χ2v) is 6.89. The maximum atomic E-state index is 9.66. The molecule has 0 heterocycles. The topological polar surface area (TPSA) is 40.5 Å². The maximum absolute atomic E-state index is 9.66. The van der Waals surface area contributed by atoms with Gasteiger partial charge < -0.3 is 10.0 Å². The van der Waals surface area contributed by atoms with Crippen LogP contribution in [-0.2, 0) is 5.41 Å². The summed E-state index contributed by atoms with van der Waals surface area (Å²) in [6, 6.07) is 22.4. The van der Waals surface area contributed by atoms with Gasteiger partial charge >= 0.3 is 7.12 Å². The van der Waals surface area contributed by atoms with E-state index in [0.29, 0.717) is 5.46 Å². The molecule has 0 saturated carbocycles. The Morgan fingerprint density at radius 2 is 1.33 bits per heavy atom. The summed E-state index contributed by atoms with van der Waals surface area (Å²) in [4.78, 5) is 0. The molecule has 1 aliphatic carbocycles. The van der Waals surface area contributed by atoms with Crippen LogP contribution in [0.5, 0.6) is 0 Å². The summed E-state index contributed by atoms with van der Waals surface area (Å²) in [6.07, 6.45) is 0. The second kappa shape index (κ2) is 5.33. The van der Waals surface area contributed by atoms with Gasteiger partial charge in [0.2, 0.25) is 0 Å². The van der Waals surface area contributed by atoms with Crippen LogP contribution in [0.2, 0.25) is 0 Å². The molecular weight excluding hydrogens is 295 g/mol. The third kappa shape index (κ3) is 2.13. The Kier molecular flexibility index (Phi) is 3.38. The highest BCUT2D eigenvalue weighted by atomic mass is 16.4. The lowest BCUT2D eigenvalue weighted by atomic mass is 9.74. The molecule has 0 fully saturated rings. The number of hydrogen-bond acceptors (Lipinski definition) is 2. The minimum absolute atomic E-state index is 0.0608. The Morgan fingerprint density at radius 3 is 2.08 bits per heavy atom. The van der Waals surface area contributed by atoms with Crippen LogP contribution in [0.4, 0.5) is 0 Å². The Labute approximate surface area is 142 Å². The van der Waals surface area contributed by atoms with Crippen LogP contribution in [0, 0.1) is 0 Å². The lowest BCUT2D eigenvalue weighted by Crippen LogP contribution is -2.31. The lowest BCUT2D eigenvalue weighted by molar-refractivity contribution is 0.426. The highest BCUT2D eigenvalue weighted by Crippen LogP contribution is 2.49. The van der Waals surface area contributed by atoms with Gasteiger partial charge in [-0.25, -0.2) is 0 Å². The second-order valence-electron chi connectivity index (χ2n) is 6.89. The van der Waals surface area contributed by atoms with Gasteiger partial charge in [0.05, 0.1) is 0 Å². The maximum Gasteiger partial charge on any atom is 0.489 e. The van der Waals surface area contributed by atoms with Gasteiger partial charge in [0.1, 0.15) is 0 Å². The van der Waals surface area contributed by atoms with E-state index in [1.165, 1.54) is 22.3 Å². The fourth-order valence-corrected chi connectivity index (χ4v) is 3.86. The molecule has 0 radical (unpaired) electrons. The molecule has 0 amide bonds. The first-order chi connectivity index (χ1) is 11.5. The van der Waals surface area contributed by atoms with Crippen molar-refractivity contribution >= 4 is 12.6 Å². The molecule has 3 aromatic carbocycles. The van der Waals surface area contributed by atoms with Crippen molar-refractivity contribution in [3.8, 4) is 22.3 Å². The van der Waals surface area contributed by atoms with Crippen molar-refractivity contribution in [3.63, 3.8) is 0 Å². The van der Waals surface area contributed by atoms with Gasteiger partial charge in [0.25, 0.3) is 0 Å². The fraction of sp³-hybridized carbons (Fsp3) is 0.143. The monoisotopic (exact) mass is 314 g/mol. The van der Waals surface area contributed by atoms with Crippen LogP contribution >= 0.6 is 0 Å². The van der Waals surface area contributed by atoms with Gasteiger partial charge in [-0.2, -0.15) is 0 Å². The molecule has 0 aromatic heterocycles. The van der Waals surface area contributed by atoms with Crippen molar-refractivity contribution in [1.29, 1.82) is 0 Å². The molecule has 0 saturated heterocycles. The van der Waals surface area contributed by atoms with Gasteiger partial charge in [-0.15, -0.1) is 0 Å². The number of hydrogen-bond donors (Lipinski definition) is 2. The van der Waals surface area contributed by atoms with E-state index >= 15 is 0 Å². The van der Waals surface area contributed by atoms with Gasteiger partial charge in [-0.3, -0.25) is 0 Å². The van der Waals surface area contributed by atoms with E-state index in [9.17, 15) is 10.0 Å². The molecule has 2 N–H and O–H groups in total. The van der Waals surface area contributed by atoms with Gasteiger partial charge in [0.15, 0.2) is 0 Å². The molecule has 2 nitrogen and oxygen atoms in total. The minimum Gasteiger partial charge on any atom is -0.423 e. The van der Waals surface area contributed by atoms with Crippen LogP contribution in [0.25, 0.3) is 22.3 Å². The van der Waals surface area contributed by atoms with Crippen LogP contribution in [0.3, 0.4) is 0 Å². The van der Waals surface area contributed by atoms with Crippen molar-refractivity contribution in [2.24, 2.45) is 0 Å². The van der Waals surface area contributed by atoms with Crippen LogP contribution in [0.1, 0.15) is 25.0 Å². The van der Waals surface area contributed by atoms with Gasteiger partial charge in [-0.1, -0.05) is 74.5 Å². The minimum atomic E-state index is -1.47. The van der Waals surface area contributed by atoms with E-state index in [4.69, 9.17) is 0 Å². The summed E-state index contributed by atoms with van der Waals surface area (Å²) in [5, 5.41) is 19.3. The molecule has 3 heteroatoms. The van der Waals surface area contributed by atoms with Gasteiger partial charge in [-0.05, 0) is 44.9 Å². The highest BCUT2D eigenvalue weighted by Gasteiger charge is 2.35. The third-order valence-electron chi connectivity index (χ3n) is 5.13. The Bertz CT molecular complexity index is 929. The molecule has 3 aromatic rings. The van der Waals surface area contributed by atoms with Crippen molar-refractivity contribution in [1.82, 2.24) is 0 Å². The van der Waals surface area contributed by atoms with Crippen molar-refractivity contribution < 1.29 is 10.0 Å². The summed E-state index contributed by atoms with van der Waals surface area (Å²) in [7, 11) is -1.47. The zero-order chi connectivity index (χ0) is 16.9. The number of benzene rings is 3. The Morgan fingerprint density at radius 1 is 0.708 bits per heavy atom. The van der Waals surface area contributed by atoms with Crippen molar-refractivity contribution in [2.45, 2.75) is 19.3 Å². The van der Waals surface area contributed by atoms with Crippen LogP contribution in [-0.4, -0.2) is 17.2 Å². The zero-order valence-corrected chi connectivity index (χ0v) is 13.8. The average Bonchev–Trinajstić information content (AvgIpc) is 2.83. The molecule has 0 atom stereocenters. The zero-order valence-electron chi connectivity index (χ0n) is 13.8. The van der Waals surface area contributed by atoms with E-state index in [1.54, 1.807) is 6.07 Å². The normalized spacial score (nSPS) is 14.2. The van der Waals surface area contributed by atoms with Gasteiger partial charge in [0, 0.05) is 5.41 Å². The largest absolute Gasteiger partial charge is 0.489 e. The van der Waals surface area contributed by atoms with E-state index in [2.05, 4.69) is 56.3 Å². The predicted molar refractivity (Wildman–Crippen MR) is 99.3 cm³/mol. The summed E-state index contributed by atoms with van der Waals surface area (Å²) in [5.41, 5.74) is 7.53. The summed E-state index contributed by atoms with van der Waals surface area (Å²) >= 11 is 0. The molecule has 0 aliphatic heterocycles. The Hall–Kier alpha value is -2.36. The molecule has 0 unspecified atom stereocenters. The lowest BCUT2D eigenvalue weighted by Gasteiger charge is -2.22. The van der Waals surface area contributed by atoms with E-state index < -0.39 is 7.12 Å². The molecule has 0 bridgehead atoms. The highest BCUT2D eigenvalue weighted by molar-refractivity contribution is 6.60. The smallest absolute Gasteiger partial charge is 0.423 e. The molecule has 4 rings (SSSR count). The summed E-state index contributed by atoms with van der Waals surface area (Å²) in [6.45, 7) is 4.49. The average molecular weight is 314 g/mol. The first kappa shape index (κ1) is 15.2. The fourth-order valence-electron chi connectivity index (χ4n) is 3.86.